The number of hydrogen-bond donors (Lipinski definition) is 1. The lowest BCUT2D eigenvalue weighted by atomic mass is 10.0. The van der Waals surface area contributed by atoms with E-state index < -0.39 is 0 Å². The predicted octanol–water partition coefficient (Wildman–Crippen LogP) is 3.50. The Bertz CT molecular complexity index is 508. The molecule has 1 aromatic heterocycles. The SMILES string of the molecule is CNC(Cc1ccc(I)cc1)c1cc(C)ccn1. The number of halogens is 1. The molecule has 0 bridgehead atoms. The Kier molecular flexibility index (Phi) is 4.72. The van der Waals surface area contributed by atoms with Gasteiger partial charge in [0.05, 0.1) is 11.7 Å². The van der Waals surface area contributed by atoms with Crippen LogP contribution in [0.3, 0.4) is 0 Å². The summed E-state index contributed by atoms with van der Waals surface area (Å²) in [4.78, 5) is 4.46. The second-order valence-corrected chi connectivity index (χ2v) is 5.68. The maximum Gasteiger partial charge on any atom is 0.0579 e. The Hall–Kier alpha value is -0.940. The topological polar surface area (TPSA) is 24.9 Å². The Balaban J connectivity index is 2.17. The van der Waals surface area contributed by atoms with Crippen LogP contribution in [-0.4, -0.2) is 12.0 Å². The second kappa shape index (κ2) is 6.29. The molecule has 1 heterocycles. The Morgan fingerprint density at radius 3 is 2.56 bits per heavy atom. The molecule has 2 aromatic rings. The molecule has 0 aliphatic rings. The lowest BCUT2D eigenvalue weighted by Gasteiger charge is -2.16. The van der Waals surface area contributed by atoms with Crippen LogP contribution in [0.5, 0.6) is 0 Å². The van der Waals surface area contributed by atoms with Gasteiger partial charge in [0, 0.05) is 9.77 Å². The van der Waals surface area contributed by atoms with Gasteiger partial charge in [0.25, 0.3) is 0 Å². The zero-order valence-corrected chi connectivity index (χ0v) is 12.8. The normalized spacial score (nSPS) is 12.4. The van der Waals surface area contributed by atoms with Crippen molar-refractivity contribution < 1.29 is 0 Å². The summed E-state index contributed by atoms with van der Waals surface area (Å²) in [7, 11) is 1.99. The predicted molar refractivity (Wildman–Crippen MR) is 83.6 cm³/mol. The number of likely N-dealkylation sites (N-methyl/N-ethyl adjacent to an activating group) is 1. The van der Waals surface area contributed by atoms with Crippen molar-refractivity contribution in [2.75, 3.05) is 7.05 Å². The summed E-state index contributed by atoms with van der Waals surface area (Å²) in [5.74, 6) is 0. The molecular formula is C15H17IN2. The van der Waals surface area contributed by atoms with Gasteiger partial charge in [-0.1, -0.05) is 12.1 Å². The summed E-state index contributed by atoms with van der Waals surface area (Å²) < 4.78 is 1.27. The first-order valence-electron chi connectivity index (χ1n) is 6.03. The van der Waals surface area contributed by atoms with E-state index in [-0.39, 0.29) is 6.04 Å². The van der Waals surface area contributed by atoms with Crippen LogP contribution >= 0.6 is 22.6 Å². The van der Waals surface area contributed by atoms with Crippen molar-refractivity contribution in [1.82, 2.24) is 10.3 Å². The number of benzene rings is 1. The minimum absolute atomic E-state index is 0.268. The zero-order valence-electron chi connectivity index (χ0n) is 10.7. The first-order chi connectivity index (χ1) is 8.69. The number of nitrogens with zero attached hydrogens (tertiary/aromatic N) is 1. The van der Waals surface area contributed by atoms with E-state index in [2.05, 4.69) is 70.1 Å². The molecule has 2 rings (SSSR count). The number of rotatable bonds is 4. The first kappa shape index (κ1) is 13.5. The monoisotopic (exact) mass is 352 g/mol. The van der Waals surface area contributed by atoms with E-state index in [1.54, 1.807) is 0 Å². The van der Waals surface area contributed by atoms with Crippen molar-refractivity contribution in [3.8, 4) is 0 Å². The minimum atomic E-state index is 0.268. The number of aryl methyl sites for hydroxylation is 1. The van der Waals surface area contributed by atoms with Crippen molar-refractivity contribution in [3.05, 3.63) is 63.0 Å². The molecule has 0 amide bonds. The minimum Gasteiger partial charge on any atom is -0.311 e. The molecule has 0 aliphatic carbocycles. The molecule has 1 aromatic carbocycles. The van der Waals surface area contributed by atoms with Gasteiger partial charge in [0.2, 0.25) is 0 Å². The fourth-order valence-electron chi connectivity index (χ4n) is 1.96. The molecule has 3 heteroatoms. The fourth-order valence-corrected chi connectivity index (χ4v) is 2.32. The van der Waals surface area contributed by atoms with E-state index in [1.807, 2.05) is 19.3 Å². The summed E-state index contributed by atoms with van der Waals surface area (Å²) in [6, 6.07) is 13.1. The maximum atomic E-state index is 4.46. The van der Waals surface area contributed by atoms with E-state index in [4.69, 9.17) is 0 Å². The molecule has 0 saturated heterocycles. The maximum absolute atomic E-state index is 4.46. The van der Waals surface area contributed by atoms with Gasteiger partial charge >= 0.3 is 0 Å². The molecule has 18 heavy (non-hydrogen) atoms. The lowest BCUT2D eigenvalue weighted by molar-refractivity contribution is 0.575. The van der Waals surface area contributed by atoms with E-state index in [0.29, 0.717) is 0 Å². The number of aromatic nitrogens is 1. The fraction of sp³-hybridized carbons (Fsp3) is 0.267. The molecule has 0 spiro atoms. The van der Waals surface area contributed by atoms with Crippen LogP contribution in [0, 0.1) is 10.5 Å². The van der Waals surface area contributed by atoms with Gasteiger partial charge in [-0.3, -0.25) is 4.98 Å². The molecule has 94 valence electrons. The van der Waals surface area contributed by atoms with Crippen LogP contribution in [-0.2, 0) is 6.42 Å². The van der Waals surface area contributed by atoms with E-state index >= 15 is 0 Å². The van der Waals surface area contributed by atoms with Gasteiger partial charge in [0.15, 0.2) is 0 Å². The largest absolute Gasteiger partial charge is 0.311 e. The van der Waals surface area contributed by atoms with Crippen molar-refractivity contribution >= 4 is 22.6 Å². The smallest absolute Gasteiger partial charge is 0.0579 e. The molecule has 0 fully saturated rings. The molecule has 0 aliphatic heterocycles. The zero-order chi connectivity index (χ0) is 13.0. The number of pyridine rings is 1. The van der Waals surface area contributed by atoms with Gasteiger partial charge < -0.3 is 5.32 Å². The molecule has 1 N–H and O–H groups in total. The van der Waals surface area contributed by atoms with E-state index in [9.17, 15) is 0 Å². The Morgan fingerprint density at radius 2 is 1.94 bits per heavy atom. The molecule has 1 atom stereocenters. The van der Waals surface area contributed by atoms with Gasteiger partial charge in [-0.25, -0.2) is 0 Å². The highest BCUT2D eigenvalue weighted by atomic mass is 127. The summed E-state index contributed by atoms with van der Waals surface area (Å²) in [6.07, 6.45) is 2.84. The Morgan fingerprint density at radius 1 is 1.22 bits per heavy atom. The third-order valence-corrected chi connectivity index (χ3v) is 3.71. The highest BCUT2D eigenvalue weighted by molar-refractivity contribution is 14.1. The molecule has 0 radical (unpaired) electrons. The van der Waals surface area contributed by atoms with Crippen LogP contribution < -0.4 is 5.32 Å². The number of nitrogens with one attached hydrogen (secondary N) is 1. The summed E-state index contributed by atoms with van der Waals surface area (Å²) in [6.45, 7) is 2.10. The highest BCUT2D eigenvalue weighted by Crippen LogP contribution is 2.18. The molecule has 0 saturated carbocycles. The third kappa shape index (κ3) is 3.53. The van der Waals surface area contributed by atoms with E-state index in [0.717, 1.165) is 12.1 Å². The summed E-state index contributed by atoms with van der Waals surface area (Å²) in [5, 5.41) is 3.34. The average Bonchev–Trinajstić information content (AvgIpc) is 2.38. The van der Waals surface area contributed by atoms with Crippen molar-refractivity contribution in [3.63, 3.8) is 0 Å². The van der Waals surface area contributed by atoms with Crippen LogP contribution in [0.15, 0.2) is 42.6 Å². The third-order valence-electron chi connectivity index (χ3n) is 3.00. The lowest BCUT2D eigenvalue weighted by Crippen LogP contribution is -2.20. The van der Waals surface area contributed by atoms with E-state index in [1.165, 1.54) is 14.7 Å². The summed E-state index contributed by atoms with van der Waals surface area (Å²) in [5.41, 5.74) is 3.69. The first-order valence-corrected chi connectivity index (χ1v) is 7.11. The molecule has 1 unspecified atom stereocenters. The van der Waals surface area contributed by atoms with Crippen LogP contribution in [0.1, 0.15) is 22.9 Å². The molecular weight excluding hydrogens is 335 g/mol. The summed E-state index contributed by atoms with van der Waals surface area (Å²) >= 11 is 2.33. The quantitative estimate of drug-likeness (QED) is 0.852. The van der Waals surface area contributed by atoms with Crippen molar-refractivity contribution in [1.29, 1.82) is 0 Å². The standard InChI is InChI=1S/C15H17IN2/c1-11-7-8-18-15(9-11)14(17-2)10-12-3-5-13(16)6-4-12/h3-9,14,17H,10H2,1-2H3. The average molecular weight is 352 g/mol. The number of hydrogen-bond acceptors (Lipinski definition) is 2. The van der Waals surface area contributed by atoms with Gasteiger partial charge in [-0.15, -0.1) is 0 Å². The van der Waals surface area contributed by atoms with Crippen LogP contribution in [0.25, 0.3) is 0 Å². The van der Waals surface area contributed by atoms with Gasteiger partial charge in [0.1, 0.15) is 0 Å². The van der Waals surface area contributed by atoms with Gasteiger partial charge in [-0.05, 0) is 78.4 Å². The van der Waals surface area contributed by atoms with Crippen LogP contribution in [0.2, 0.25) is 0 Å². The van der Waals surface area contributed by atoms with Gasteiger partial charge in [-0.2, -0.15) is 0 Å². The van der Waals surface area contributed by atoms with Crippen LogP contribution in [0.4, 0.5) is 0 Å². The van der Waals surface area contributed by atoms with Crippen molar-refractivity contribution in [2.24, 2.45) is 0 Å². The highest BCUT2D eigenvalue weighted by Gasteiger charge is 2.11. The molecule has 2 nitrogen and oxygen atoms in total. The Labute approximate surface area is 122 Å². The second-order valence-electron chi connectivity index (χ2n) is 4.43. The van der Waals surface area contributed by atoms with Crippen molar-refractivity contribution in [2.45, 2.75) is 19.4 Å².